The van der Waals surface area contributed by atoms with Gasteiger partial charge >= 0.3 is 12.0 Å². The molecule has 0 aromatic heterocycles. The van der Waals surface area contributed by atoms with E-state index in [4.69, 9.17) is 5.11 Å². The Kier molecular flexibility index (Phi) is 7.32. The molecule has 116 valence electrons. The number of nitrogens with zero attached hydrogens (tertiary/aromatic N) is 1. The third-order valence-electron chi connectivity index (χ3n) is 2.82. The summed E-state index contributed by atoms with van der Waals surface area (Å²) in [6, 6.07) is -0.574. The molecule has 0 aliphatic carbocycles. The molecule has 0 fully saturated rings. The Bertz CT molecular complexity index is 346. The molecule has 0 heterocycles. The topological polar surface area (TPSA) is 69.6 Å². The maximum Gasteiger partial charge on any atom is 0.318 e. The van der Waals surface area contributed by atoms with E-state index in [1.54, 1.807) is 11.0 Å². The van der Waals surface area contributed by atoms with E-state index in [9.17, 15) is 9.59 Å². The van der Waals surface area contributed by atoms with Crippen LogP contribution in [0.4, 0.5) is 4.79 Å². The maximum absolute atomic E-state index is 12.2. The lowest BCUT2D eigenvalue weighted by molar-refractivity contribution is -0.137. The van der Waals surface area contributed by atoms with Crippen molar-refractivity contribution < 1.29 is 14.7 Å². The smallest absolute Gasteiger partial charge is 0.318 e. The first-order valence-electron chi connectivity index (χ1n) is 6.96. The fourth-order valence-electron chi connectivity index (χ4n) is 2.05. The number of carboxylic acid groups (broad SMARTS) is 1. The molecule has 2 N–H and O–H groups in total. The number of amides is 2. The largest absolute Gasteiger partial charge is 0.481 e. The van der Waals surface area contributed by atoms with Crippen molar-refractivity contribution in [1.82, 2.24) is 10.2 Å². The van der Waals surface area contributed by atoms with Gasteiger partial charge in [0.05, 0.1) is 6.42 Å². The van der Waals surface area contributed by atoms with Gasteiger partial charge in [-0.1, -0.05) is 26.8 Å². The first-order valence-corrected chi connectivity index (χ1v) is 6.96. The highest BCUT2D eigenvalue weighted by Crippen LogP contribution is 2.22. The minimum absolute atomic E-state index is 0.0353. The molecule has 0 aromatic rings. The summed E-state index contributed by atoms with van der Waals surface area (Å²) in [4.78, 5) is 24.8. The number of carboxylic acids is 1. The Morgan fingerprint density at radius 2 is 1.90 bits per heavy atom. The second-order valence-electron chi connectivity index (χ2n) is 6.54. The molecule has 1 atom stereocenters. The van der Waals surface area contributed by atoms with E-state index in [2.05, 4.69) is 11.9 Å². The quantitative estimate of drug-likeness (QED) is 0.706. The molecule has 0 aliphatic rings. The van der Waals surface area contributed by atoms with Crippen molar-refractivity contribution in [3.05, 3.63) is 12.7 Å². The number of nitrogens with one attached hydrogen (secondary N) is 1. The summed E-state index contributed by atoms with van der Waals surface area (Å²) in [6.07, 6.45) is 2.21. The fraction of sp³-hybridized carbons (Fsp3) is 0.733. The summed E-state index contributed by atoms with van der Waals surface area (Å²) in [5, 5.41) is 11.8. The van der Waals surface area contributed by atoms with Crippen LogP contribution in [0, 0.1) is 5.41 Å². The van der Waals surface area contributed by atoms with Crippen LogP contribution in [0.15, 0.2) is 12.7 Å². The molecule has 20 heavy (non-hydrogen) atoms. The van der Waals surface area contributed by atoms with Gasteiger partial charge in [-0.15, -0.1) is 6.58 Å². The molecule has 0 saturated heterocycles. The summed E-state index contributed by atoms with van der Waals surface area (Å²) in [5.41, 5.74) is -0.0471. The van der Waals surface area contributed by atoms with Crippen LogP contribution in [0.3, 0.4) is 0 Å². The number of hydrogen-bond acceptors (Lipinski definition) is 2. The molecule has 0 spiro atoms. The predicted molar refractivity (Wildman–Crippen MR) is 80.7 cm³/mol. The molecule has 0 rings (SSSR count). The van der Waals surface area contributed by atoms with Crippen molar-refractivity contribution in [2.24, 2.45) is 5.41 Å². The van der Waals surface area contributed by atoms with Crippen LogP contribution in [-0.4, -0.2) is 40.6 Å². The minimum Gasteiger partial charge on any atom is -0.481 e. The van der Waals surface area contributed by atoms with E-state index in [1.165, 1.54) is 0 Å². The Morgan fingerprint density at radius 3 is 2.25 bits per heavy atom. The molecular formula is C15H28N2O3. The van der Waals surface area contributed by atoms with Crippen molar-refractivity contribution in [2.45, 2.75) is 59.5 Å². The van der Waals surface area contributed by atoms with Crippen LogP contribution < -0.4 is 5.32 Å². The summed E-state index contributed by atoms with van der Waals surface area (Å²) >= 11 is 0. The van der Waals surface area contributed by atoms with E-state index < -0.39 is 5.97 Å². The van der Waals surface area contributed by atoms with Gasteiger partial charge in [-0.3, -0.25) is 4.79 Å². The van der Waals surface area contributed by atoms with Crippen LogP contribution in [0.2, 0.25) is 0 Å². The third kappa shape index (κ3) is 7.81. The Balaban J connectivity index is 4.81. The number of rotatable bonds is 7. The SMILES string of the molecule is C=CCN(C(=O)NC(CC(=O)O)CC(C)(C)C)C(C)C. The second-order valence-corrected chi connectivity index (χ2v) is 6.54. The van der Waals surface area contributed by atoms with Crippen molar-refractivity contribution in [3.8, 4) is 0 Å². The third-order valence-corrected chi connectivity index (χ3v) is 2.82. The summed E-state index contributed by atoms with van der Waals surface area (Å²) < 4.78 is 0. The molecule has 0 aliphatic heterocycles. The maximum atomic E-state index is 12.2. The van der Waals surface area contributed by atoms with Crippen LogP contribution in [-0.2, 0) is 4.79 Å². The first kappa shape index (κ1) is 18.5. The van der Waals surface area contributed by atoms with E-state index in [1.807, 2.05) is 34.6 Å². The Morgan fingerprint density at radius 1 is 1.35 bits per heavy atom. The molecule has 0 radical (unpaired) electrons. The highest BCUT2D eigenvalue weighted by molar-refractivity contribution is 5.76. The van der Waals surface area contributed by atoms with Gasteiger partial charge in [0.15, 0.2) is 0 Å². The van der Waals surface area contributed by atoms with Crippen molar-refractivity contribution in [2.75, 3.05) is 6.54 Å². The molecule has 5 heteroatoms. The predicted octanol–water partition coefficient (Wildman–Crippen LogP) is 2.87. The zero-order valence-corrected chi connectivity index (χ0v) is 13.3. The zero-order chi connectivity index (χ0) is 15.9. The minimum atomic E-state index is -0.903. The van der Waals surface area contributed by atoms with Crippen LogP contribution in [0.1, 0.15) is 47.5 Å². The zero-order valence-electron chi connectivity index (χ0n) is 13.3. The summed E-state index contributed by atoms with van der Waals surface area (Å²) in [7, 11) is 0. The van der Waals surface area contributed by atoms with E-state index >= 15 is 0 Å². The molecule has 0 bridgehead atoms. The summed E-state index contributed by atoms with van der Waals surface area (Å²) in [6.45, 7) is 14.0. The van der Waals surface area contributed by atoms with Gasteiger partial charge in [-0.05, 0) is 25.7 Å². The van der Waals surface area contributed by atoms with Crippen LogP contribution >= 0.6 is 0 Å². The molecule has 0 saturated carbocycles. The lowest BCUT2D eigenvalue weighted by Crippen LogP contribution is -2.49. The average molecular weight is 284 g/mol. The van der Waals surface area contributed by atoms with E-state index in [0.29, 0.717) is 13.0 Å². The summed E-state index contributed by atoms with van der Waals surface area (Å²) in [5.74, 6) is -0.903. The Labute approximate surface area is 122 Å². The van der Waals surface area contributed by atoms with Crippen LogP contribution in [0.5, 0.6) is 0 Å². The lowest BCUT2D eigenvalue weighted by Gasteiger charge is -2.30. The normalized spacial score (nSPS) is 12.9. The number of carbonyl (C=O) groups is 2. The van der Waals surface area contributed by atoms with Gasteiger partial charge in [0, 0.05) is 18.6 Å². The standard InChI is InChI=1S/C15H28N2O3/c1-7-8-17(11(2)3)14(20)16-12(9-13(18)19)10-15(4,5)6/h7,11-12H,1,8-10H2,2-6H3,(H,16,20)(H,18,19). The molecule has 5 nitrogen and oxygen atoms in total. The number of hydrogen-bond donors (Lipinski definition) is 2. The first-order chi connectivity index (χ1) is 9.06. The second kappa shape index (κ2) is 7.92. The molecule has 0 aromatic carbocycles. The average Bonchev–Trinajstić information content (AvgIpc) is 2.21. The Hall–Kier alpha value is -1.52. The van der Waals surface area contributed by atoms with Gasteiger partial charge < -0.3 is 15.3 Å². The molecule has 2 amide bonds. The van der Waals surface area contributed by atoms with Gasteiger partial charge in [0.25, 0.3) is 0 Å². The molecule has 1 unspecified atom stereocenters. The highest BCUT2D eigenvalue weighted by Gasteiger charge is 2.25. The number of urea groups is 1. The van der Waals surface area contributed by atoms with Gasteiger partial charge in [-0.25, -0.2) is 4.79 Å². The monoisotopic (exact) mass is 284 g/mol. The van der Waals surface area contributed by atoms with Crippen molar-refractivity contribution >= 4 is 12.0 Å². The fourth-order valence-corrected chi connectivity index (χ4v) is 2.05. The van der Waals surface area contributed by atoms with Crippen molar-refractivity contribution in [3.63, 3.8) is 0 Å². The van der Waals surface area contributed by atoms with Gasteiger partial charge in [0.1, 0.15) is 0 Å². The number of aliphatic carboxylic acids is 1. The molecular weight excluding hydrogens is 256 g/mol. The van der Waals surface area contributed by atoms with Crippen LogP contribution in [0.25, 0.3) is 0 Å². The van der Waals surface area contributed by atoms with Gasteiger partial charge in [-0.2, -0.15) is 0 Å². The number of carbonyl (C=O) groups excluding carboxylic acids is 1. The lowest BCUT2D eigenvalue weighted by atomic mass is 9.87. The van der Waals surface area contributed by atoms with Gasteiger partial charge in [0.2, 0.25) is 0 Å². The van der Waals surface area contributed by atoms with E-state index in [0.717, 1.165) is 0 Å². The van der Waals surface area contributed by atoms with Crippen molar-refractivity contribution in [1.29, 1.82) is 0 Å². The highest BCUT2D eigenvalue weighted by atomic mass is 16.4. The van der Waals surface area contributed by atoms with E-state index in [-0.39, 0.29) is 30.0 Å².